The molecule has 2 aromatic rings. The number of nitrogens with two attached hydrogens (primary N) is 1. The Morgan fingerprint density at radius 2 is 2.44 bits per heavy atom. The topological polar surface area (TPSA) is 68.8 Å². The predicted octanol–water partition coefficient (Wildman–Crippen LogP) is 0.932. The van der Waals surface area contributed by atoms with Gasteiger partial charge in [0.05, 0.1) is 17.2 Å². The van der Waals surface area contributed by atoms with Crippen molar-refractivity contribution < 1.29 is 0 Å². The van der Waals surface area contributed by atoms with E-state index in [4.69, 9.17) is 5.84 Å². The molecule has 0 bridgehead atoms. The first-order chi connectivity index (χ1) is 7.72. The number of thiazole rings is 1. The van der Waals surface area contributed by atoms with Crippen LogP contribution in [0.1, 0.15) is 22.3 Å². The largest absolute Gasteiger partial charge is 0.273 e. The van der Waals surface area contributed by atoms with Gasteiger partial charge < -0.3 is 0 Å². The van der Waals surface area contributed by atoms with Crippen molar-refractivity contribution in [2.24, 2.45) is 12.9 Å². The van der Waals surface area contributed by atoms with Gasteiger partial charge in [0.1, 0.15) is 0 Å². The van der Waals surface area contributed by atoms with Gasteiger partial charge in [0.25, 0.3) is 0 Å². The average Bonchev–Trinajstić information content (AvgIpc) is 2.88. The van der Waals surface area contributed by atoms with Gasteiger partial charge >= 0.3 is 0 Å². The maximum atomic E-state index is 5.59. The number of aryl methyl sites for hydroxylation is 1. The van der Waals surface area contributed by atoms with Crippen LogP contribution in [0.25, 0.3) is 0 Å². The van der Waals surface area contributed by atoms with Crippen LogP contribution in [0.4, 0.5) is 0 Å². The van der Waals surface area contributed by atoms with Crippen molar-refractivity contribution in [3.63, 3.8) is 0 Å². The molecule has 0 spiro atoms. The molecule has 0 aromatic carbocycles. The lowest BCUT2D eigenvalue weighted by molar-refractivity contribution is 0.546. The molecular formula is C10H15N5S. The minimum absolute atomic E-state index is 0.0693. The first-order valence-electron chi connectivity index (χ1n) is 5.05. The number of aromatic nitrogens is 3. The average molecular weight is 237 g/mol. The molecule has 0 aliphatic carbocycles. The second-order valence-electron chi connectivity index (χ2n) is 3.66. The zero-order valence-corrected chi connectivity index (χ0v) is 10.2. The monoisotopic (exact) mass is 237 g/mol. The molecule has 0 radical (unpaired) electrons. The van der Waals surface area contributed by atoms with Crippen LogP contribution in [0.15, 0.2) is 17.8 Å². The van der Waals surface area contributed by atoms with Crippen LogP contribution in [-0.2, 0) is 13.5 Å². The van der Waals surface area contributed by atoms with Gasteiger partial charge in [-0.3, -0.25) is 16.0 Å². The summed E-state index contributed by atoms with van der Waals surface area (Å²) < 4.78 is 1.85. The third-order valence-corrected chi connectivity index (χ3v) is 3.51. The second-order valence-corrected chi connectivity index (χ2v) is 4.64. The van der Waals surface area contributed by atoms with Crippen LogP contribution in [0.5, 0.6) is 0 Å². The van der Waals surface area contributed by atoms with Gasteiger partial charge in [-0.2, -0.15) is 5.10 Å². The van der Waals surface area contributed by atoms with E-state index >= 15 is 0 Å². The summed E-state index contributed by atoms with van der Waals surface area (Å²) in [5, 5.41) is 7.26. The molecule has 1 unspecified atom stereocenters. The van der Waals surface area contributed by atoms with E-state index in [1.165, 1.54) is 0 Å². The zero-order valence-electron chi connectivity index (χ0n) is 9.34. The first-order valence-corrected chi connectivity index (χ1v) is 5.93. The molecule has 2 heterocycles. The molecule has 3 N–H and O–H groups in total. The molecule has 2 rings (SSSR count). The number of hydrogen-bond acceptors (Lipinski definition) is 5. The van der Waals surface area contributed by atoms with Gasteiger partial charge in [-0.15, -0.1) is 11.3 Å². The van der Waals surface area contributed by atoms with E-state index in [0.717, 1.165) is 22.7 Å². The fourth-order valence-electron chi connectivity index (χ4n) is 1.64. The molecule has 86 valence electrons. The highest BCUT2D eigenvalue weighted by Gasteiger charge is 2.16. The van der Waals surface area contributed by atoms with Crippen LogP contribution in [0, 0.1) is 6.92 Å². The Morgan fingerprint density at radius 3 is 2.94 bits per heavy atom. The molecule has 0 aliphatic rings. The summed E-state index contributed by atoms with van der Waals surface area (Å²) >= 11 is 1.64. The van der Waals surface area contributed by atoms with Gasteiger partial charge in [0.15, 0.2) is 0 Å². The fourth-order valence-corrected chi connectivity index (χ4v) is 2.31. The Bertz CT molecular complexity index is 448. The number of rotatable bonds is 4. The van der Waals surface area contributed by atoms with Crippen molar-refractivity contribution in [2.45, 2.75) is 19.4 Å². The summed E-state index contributed by atoms with van der Waals surface area (Å²) in [5.41, 5.74) is 5.07. The lowest BCUT2D eigenvalue weighted by Crippen LogP contribution is -2.29. The molecular weight excluding hydrogens is 222 g/mol. The Morgan fingerprint density at radius 1 is 1.62 bits per heavy atom. The quantitative estimate of drug-likeness (QED) is 0.613. The maximum Gasteiger partial charge on any atom is 0.0944 e. The summed E-state index contributed by atoms with van der Waals surface area (Å²) in [7, 11) is 1.93. The molecule has 6 heteroatoms. The summed E-state index contributed by atoms with van der Waals surface area (Å²) in [4.78, 5) is 4.26. The predicted molar refractivity (Wildman–Crippen MR) is 63.8 cm³/mol. The number of nitrogens with one attached hydrogen (secondary N) is 1. The Kier molecular flexibility index (Phi) is 3.33. The third kappa shape index (κ3) is 2.13. The van der Waals surface area contributed by atoms with Crippen LogP contribution >= 0.6 is 11.3 Å². The molecule has 1 atom stereocenters. The van der Waals surface area contributed by atoms with E-state index < -0.39 is 0 Å². The normalized spacial score (nSPS) is 12.9. The Hall–Kier alpha value is -1.24. The molecule has 0 saturated carbocycles. The van der Waals surface area contributed by atoms with Crippen molar-refractivity contribution in [3.05, 3.63) is 34.0 Å². The van der Waals surface area contributed by atoms with E-state index in [0.29, 0.717) is 0 Å². The molecule has 16 heavy (non-hydrogen) atoms. The maximum absolute atomic E-state index is 5.59. The van der Waals surface area contributed by atoms with E-state index in [2.05, 4.69) is 15.5 Å². The fraction of sp³-hybridized carbons (Fsp3) is 0.400. The second kappa shape index (κ2) is 4.73. The SMILES string of the molecule is Cc1c(C(Cc2nccs2)NN)cnn1C. The van der Waals surface area contributed by atoms with Gasteiger partial charge in [-0.25, -0.2) is 4.98 Å². The molecule has 0 fully saturated rings. The highest BCUT2D eigenvalue weighted by Crippen LogP contribution is 2.21. The van der Waals surface area contributed by atoms with Crippen molar-refractivity contribution in [3.8, 4) is 0 Å². The lowest BCUT2D eigenvalue weighted by Gasteiger charge is -2.13. The van der Waals surface area contributed by atoms with Crippen LogP contribution in [0.3, 0.4) is 0 Å². The summed E-state index contributed by atoms with van der Waals surface area (Å²) in [6.45, 7) is 2.04. The van der Waals surface area contributed by atoms with E-state index in [-0.39, 0.29) is 6.04 Å². The molecule has 0 saturated heterocycles. The number of nitrogens with zero attached hydrogens (tertiary/aromatic N) is 3. The van der Waals surface area contributed by atoms with Crippen molar-refractivity contribution >= 4 is 11.3 Å². The number of hydrazine groups is 1. The Labute approximate surface area is 98.3 Å². The van der Waals surface area contributed by atoms with Gasteiger partial charge in [0.2, 0.25) is 0 Å². The van der Waals surface area contributed by atoms with Gasteiger partial charge in [0, 0.05) is 36.3 Å². The molecule has 5 nitrogen and oxygen atoms in total. The van der Waals surface area contributed by atoms with Crippen molar-refractivity contribution in [1.29, 1.82) is 0 Å². The minimum atomic E-state index is 0.0693. The highest BCUT2D eigenvalue weighted by molar-refractivity contribution is 7.09. The van der Waals surface area contributed by atoms with Crippen LogP contribution in [-0.4, -0.2) is 14.8 Å². The molecule has 0 amide bonds. The third-order valence-electron chi connectivity index (χ3n) is 2.71. The van der Waals surface area contributed by atoms with Crippen molar-refractivity contribution in [1.82, 2.24) is 20.2 Å². The molecule has 0 aliphatic heterocycles. The van der Waals surface area contributed by atoms with Crippen LogP contribution in [0.2, 0.25) is 0 Å². The lowest BCUT2D eigenvalue weighted by atomic mass is 10.1. The smallest absolute Gasteiger partial charge is 0.0944 e. The van der Waals surface area contributed by atoms with Crippen LogP contribution < -0.4 is 11.3 Å². The Balaban J connectivity index is 2.20. The minimum Gasteiger partial charge on any atom is -0.273 e. The van der Waals surface area contributed by atoms with E-state index in [1.807, 2.05) is 36.4 Å². The summed E-state index contributed by atoms with van der Waals surface area (Å²) in [5.74, 6) is 5.59. The van der Waals surface area contributed by atoms with Gasteiger partial charge in [-0.1, -0.05) is 0 Å². The van der Waals surface area contributed by atoms with E-state index in [9.17, 15) is 0 Å². The highest BCUT2D eigenvalue weighted by atomic mass is 32.1. The van der Waals surface area contributed by atoms with E-state index in [1.54, 1.807) is 11.3 Å². The summed E-state index contributed by atoms with van der Waals surface area (Å²) in [6, 6.07) is 0.0693. The van der Waals surface area contributed by atoms with Gasteiger partial charge in [-0.05, 0) is 6.92 Å². The standard InChI is InChI=1S/C10H15N5S/c1-7-8(6-13-15(7)2)9(14-11)5-10-12-3-4-16-10/h3-4,6,9,14H,5,11H2,1-2H3. The zero-order chi connectivity index (χ0) is 11.5. The molecule has 2 aromatic heterocycles. The summed E-state index contributed by atoms with van der Waals surface area (Å²) in [6.07, 6.45) is 4.46. The van der Waals surface area contributed by atoms with Crippen molar-refractivity contribution in [2.75, 3.05) is 0 Å². The first kappa shape index (κ1) is 11.3. The number of hydrogen-bond donors (Lipinski definition) is 2.